The quantitative estimate of drug-likeness (QED) is 0.369. The Morgan fingerprint density at radius 1 is 0.886 bits per heavy atom. The average molecular weight is 460 g/mol. The lowest BCUT2D eigenvalue weighted by Gasteiger charge is -2.12. The van der Waals surface area contributed by atoms with E-state index in [1.807, 2.05) is 31.2 Å². The molecular formula is C26H21N9. The van der Waals surface area contributed by atoms with Crippen LogP contribution in [0.3, 0.4) is 0 Å². The summed E-state index contributed by atoms with van der Waals surface area (Å²) in [6.07, 6.45) is 3.36. The van der Waals surface area contributed by atoms with Crippen molar-refractivity contribution < 1.29 is 0 Å². The van der Waals surface area contributed by atoms with Gasteiger partial charge in [-0.05, 0) is 40.6 Å². The maximum Gasteiger partial charge on any atom is 0.227 e. The van der Waals surface area contributed by atoms with Crippen molar-refractivity contribution in [3.8, 4) is 22.5 Å². The van der Waals surface area contributed by atoms with Crippen LogP contribution in [0.1, 0.15) is 11.4 Å². The topological polar surface area (TPSA) is 110 Å². The molecule has 0 saturated heterocycles. The molecule has 0 radical (unpaired) electrons. The summed E-state index contributed by atoms with van der Waals surface area (Å²) < 4.78 is 2.24. The molecule has 0 atom stereocenters. The van der Waals surface area contributed by atoms with Gasteiger partial charge in [0, 0.05) is 30.2 Å². The predicted molar refractivity (Wildman–Crippen MR) is 134 cm³/mol. The van der Waals surface area contributed by atoms with E-state index in [-0.39, 0.29) is 0 Å². The van der Waals surface area contributed by atoms with Crippen molar-refractivity contribution in [2.75, 3.05) is 5.32 Å². The number of aromatic amines is 1. The molecule has 0 aliphatic heterocycles. The van der Waals surface area contributed by atoms with E-state index in [9.17, 15) is 0 Å². The van der Waals surface area contributed by atoms with Gasteiger partial charge in [-0.2, -0.15) is 0 Å². The maximum absolute atomic E-state index is 4.96. The van der Waals surface area contributed by atoms with Gasteiger partial charge in [-0.1, -0.05) is 60.7 Å². The second-order valence-corrected chi connectivity index (χ2v) is 8.16. The van der Waals surface area contributed by atoms with Crippen molar-refractivity contribution in [1.29, 1.82) is 0 Å². The molecule has 0 aliphatic carbocycles. The van der Waals surface area contributed by atoms with Crippen molar-refractivity contribution in [3.05, 3.63) is 96.6 Å². The van der Waals surface area contributed by atoms with E-state index in [1.54, 1.807) is 12.4 Å². The van der Waals surface area contributed by atoms with Gasteiger partial charge >= 0.3 is 0 Å². The van der Waals surface area contributed by atoms with Gasteiger partial charge in [-0.25, -0.2) is 20.1 Å². The SMILES string of the molecule is Cc1nc2c(-c3ccccc3)cc(Nc3ncc(-c4nnn[nH]4)cn3)cc2n1Cc1ccccc1. The van der Waals surface area contributed by atoms with Gasteiger partial charge in [0.2, 0.25) is 5.95 Å². The monoisotopic (exact) mass is 459 g/mol. The largest absolute Gasteiger partial charge is 0.324 e. The van der Waals surface area contributed by atoms with Crippen molar-refractivity contribution in [2.24, 2.45) is 0 Å². The zero-order valence-electron chi connectivity index (χ0n) is 18.9. The summed E-state index contributed by atoms with van der Waals surface area (Å²) in [6, 6.07) is 24.9. The molecule has 0 aliphatic rings. The van der Waals surface area contributed by atoms with Crippen LogP contribution in [0, 0.1) is 6.92 Å². The van der Waals surface area contributed by atoms with E-state index in [0.717, 1.165) is 40.2 Å². The first-order valence-electron chi connectivity index (χ1n) is 11.2. The Labute approximate surface area is 200 Å². The van der Waals surface area contributed by atoms with Gasteiger partial charge in [-0.3, -0.25) is 0 Å². The van der Waals surface area contributed by atoms with Crippen molar-refractivity contribution >= 4 is 22.7 Å². The molecular weight excluding hydrogens is 438 g/mol. The van der Waals surface area contributed by atoms with Gasteiger partial charge in [-0.15, -0.1) is 5.10 Å². The lowest BCUT2D eigenvalue weighted by molar-refractivity contribution is 0.786. The van der Waals surface area contributed by atoms with Crippen LogP contribution in [-0.2, 0) is 6.54 Å². The third-order valence-electron chi connectivity index (χ3n) is 5.84. The molecule has 2 N–H and O–H groups in total. The normalized spacial score (nSPS) is 11.1. The molecule has 0 spiro atoms. The molecule has 9 nitrogen and oxygen atoms in total. The predicted octanol–water partition coefficient (Wildman–Crippen LogP) is 4.77. The highest BCUT2D eigenvalue weighted by Gasteiger charge is 2.15. The summed E-state index contributed by atoms with van der Waals surface area (Å²) >= 11 is 0. The average Bonchev–Trinajstić information content (AvgIpc) is 3.54. The smallest absolute Gasteiger partial charge is 0.227 e. The number of hydrogen-bond donors (Lipinski definition) is 2. The Morgan fingerprint density at radius 2 is 1.63 bits per heavy atom. The van der Waals surface area contributed by atoms with E-state index in [1.165, 1.54) is 5.56 Å². The molecule has 35 heavy (non-hydrogen) atoms. The number of hydrogen-bond acceptors (Lipinski definition) is 7. The number of nitrogens with zero attached hydrogens (tertiary/aromatic N) is 7. The minimum absolute atomic E-state index is 0.477. The molecule has 0 unspecified atom stereocenters. The molecule has 6 rings (SSSR count). The van der Waals surface area contributed by atoms with Gasteiger partial charge < -0.3 is 9.88 Å². The van der Waals surface area contributed by atoms with Crippen LogP contribution < -0.4 is 5.32 Å². The first-order valence-corrected chi connectivity index (χ1v) is 11.2. The maximum atomic E-state index is 4.96. The Bertz CT molecular complexity index is 1570. The molecule has 0 fully saturated rings. The third kappa shape index (κ3) is 4.10. The van der Waals surface area contributed by atoms with E-state index in [2.05, 4.69) is 89.0 Å². The Morgan fingerprint density at radius 3 is 2.34 bits per heavy atom. The Balaban J connectivity index is 1.43. The van der Waals surface area contributed by atoms with Crippen LogP contribution in [0.4, 0.5) is 11.6 Å². The number of aromatic nitrogens is 8. The number of benzene rings is 3. The van der Waals surface area contributed by atoms with E-state index >= 15 is 0 Å². The van der Waals surface area contributed by atoms with Crippen LogP contribution >= 0.6 is 0 Å². The summed E-state index contributed by atoms with van der Waals surface area (Å²) in [7, 11) is 0. The van der Waals surface area contributed by atoms with E-state index < -0.39 is 0 Å². The number of anilines is 2. The van der Waals surface area contributed by atoms with Crippen molar-refractivity contribution in [3.63, 3.8) is 0 Å². The van der Waals surface area contributed by atoms with Crippen LogP contribution in [0.5, 0.6) is 0 Å². The molecule has 3 aromatic carbocycles. The standard InChI is InChI=1S/C26H21N9/c1-17-29-24-22(19-10-6-3-7-11-19)12-21(13-23(24)35(17)16-18-8-4-2-5-9-18)30-26-27-14-20(15-28-26)25-31-33-34-32-25/h2-15H,16H2,1H3,(H,27,28,30)(H,31,32,33,34). The number of aryl methyl sites for hydroxylation is 1. The first-order chi connectivity index (χ1) is 17.2. The lowest BCUT2D eigenvalue weighted by Crippen LogP contribution is -2.02. The zero-order valence-corrected chi connectivity index (χ0v) is 18.9. The third-order valence-corrected chi connectivity index (χ3v) is 5.84. The fourth-order valence-corrected chi connectivity index (χ4v) is 4.14. The Kier molecular flexibility index (Phi) is 5.19. The minimum atomic E-state index is 0.477. The minimum Gasteiger partial charge on any atom is -0.324 e. The summed E-state index contributed by atoms with van der Waals surface area (Å²) in [5.41, 5.74) is 6.95. The summed E-state index contributed by atoms with van der Waals surface area (Å²) in [6.45, 7) is 2.78. The van der Waals surface area contributed by atoms with Crippen LogP contribution in [0.2, 0.25) is 0 Å². The van der Waals surface area contributed by atoms with Crippen LogP contribution in [-0.4, -0.2) is 40.1 Å². The summed E-state index contributed by atoms with van der Waals surface area (Å²) in [5, 5.41) is 17.2. The van der Waals surface area contributed by atoms with Gasteiger partial charge in [0.05, 0.1) is 16.6 Å². The molecule has 170 valence electrons. The number of nitrogens with one attached hydrogen (secondary N) is 2. The van der Waals surface area contributed by atoms with Crippen molar-refractivity contribution in [1.82, 2.24) is 40.1 Å². The second-order valence-electron chi connectivity index (χ2n) is 8.16. The van der Waals surface area contributed by atoms with Gasteiger partial charge in [0.15, 0.2) is 5.82 Å². The van der Waals surface area contributed by atoms with Crippen LogP contribution in [0.25, 0.3) is 33.5 Å². The highest BCUT2D eigenvalue weighted by atomic mass is 15.5. The fourth-order valence-electron chi connectivity index (χ4n) is 4.14. The summed E-state index contributed by atoms with van der Waals surface area (Å²) in [5.74, 6) is 1.95. The number of H-pyrrole nitrogens is 1. The Hall–Kier alpha value is -4.92. The molecule has 0 amide bonds. The highest BCUT2D eigenvalue weighted by Crippen LogP contribution is 2.33. The van der Waals surface area contributed by atoms with Gasteiger partial charge in [0.1, 0.15) is 5.82 Å². The van der Waals surface area contributed by atoms with E-state index in [0.29, 0.717) is 17.3 Å². The number of tetrazole rings is 1. The molecule has 3 aromatic heterocycles. The zero-order chi connectivity index (χ0) is 23.6. The number of imidazole rings is 1. The van der Waals surface area contributed by atoms with Crippen LogP contribution in [0.15, 0.2) is 85.2 Å². The number of fused-ring (bicyclic) bond motifs is 1. The molecule has 0 bridgehead atoms. The number of rotatable bonds is 6. The molecule has 9 heteroatoms. The fraction of sp³-hybridized carbons (Fsp3) is 0.0769. The van der Waals surface area contributed by atoms with Crippen molar-refractivity contribution in [2.45, 2.75) is 13.5 Å². The first kappa shape index (κ1) is 20.7. The van der Waals surface area contributed by atoms with Gasteiger partial charge in [0.25, 0.3) is 0 Å². The molecule has 3 heterocycles. The summed E-state index contributed by atoms with van der Waals surface area (Å²) in [4.78, 5) is 13.9. The second kappa shape index (κ2) is 8.79. The molecule has 6 aromatic rings. The lowest BCUT2D eigenvalue weighted by atomic mass is 10.0. The van der Waals surface area contributed by atoms with E-state index in [4.69, 9.17) is 4.98 Å². The molecule has 0 saturated carbocycles. The highest BCUT2D eigenvalue weighted by molar-refractivity contribution is 5.96.